The summed E-state index contributed by atoms with van der Waals surface area (Å²) in [6.07, 6.45) is 1.52. The molecule has 1 N–H and O–H groups in total. The number of aliphatic carboxylic acids is 1. The summed E-state index contributed by atoms with van der Waals surface area (Å²) in [4.78, 5) is 38.7. The first kappa shape index (κ1) is 15.2. The van der Waals surface area contributed by atoms with Gasteiger partial charge in [-0.3, -0.25) is 19.7 Å². The molecule has 2 unspecified atom stereocenters. The van der Waals surface area contributed by atoms with Crippen molar-refractivity contribution < 1.29 is 19.6 Å². The zero-order valence-corrected chi connectivity index (χ0v) is 11.8. The Hall–Kier alpha value is -2.22. The molecule has 112 valence electrons. The SMILES string of the molecule is CC1C(C(=O)O)CCN1C(=O)c1ccnc(Cl)c1[N+](=O)[O-]. The Morgan fingerprint density at radius 1 is 1.57 bits per heavy atom. The van der Waals surface area contributed by atoms with E-state index in [9.17, 15) is 19.7 Å². The van der Waals surface area contributed by atoms with Crippen LogP contribution in [-0.4, -0.2) is 44.4 Å². The van der Waals surface area contributed by atoms with Crippen molar-refractivity contribution in [2.24, 2.45) is 5.92 Å². The lowest BCUT2D eigenvalue weighted by atomic mass is 10.0. The summed E-state index contributed by atoms with van der Waals surface area (Å²) in [7, 11) is 0. The normalized spacial score (nSPS) is 21.3. The van der Waals surface area contributed by atoms with Crippen LogP contribution in [0.4, 0.5) is 5.69 Å². The molecular weight excluding hydrogens is 302 g/mol. The van der Waals surface area contributed by atoms with Gasteiger partial charge in [-0.05, 0) is 19.4 Å². The van der Waals surface area contributed by atoms with E-state index in [0.29, 0.717) is 6.42 Å². The lowest BCUT2D eigenvalue weighted by Gasteiger charge is -2.23. The van der Waals surface area contributed by atoms with Crippen LogP contribution in [0.5, 0.6) is 0 Å². The Balaban J connectivity index is 2.36. The molecule has 0 spiro atoms. The number of pyridine rings is 1. The number of rotatable bonds is 3. The zero-order chi connectivity index (χ0) is 15.7. The van der Waals surface area contributed by atoms with Gasteiger partial charge in [0, 0.05) is 18.8 Å². The van der Waals surface area contributed by atoms with Crippen LogP contribution >= 0.6 is 11.6 Å². The molecule has 0 aromatic carbocycles. The van der Waals surface area contributed by atoms with Gasteiger partial charge in [-0.15, -0.1) is 0 Å². The van der Waals surface area contributed by atoms with Crippen LogP contribution in [0, 0.1) is 16.0 Å². The highest BCUT2D eigenvalue weighted by Crippen LogP contribution is 2.31. The number of hydrogen-bond acceptors (Lipinski definition) is 5. The number of amides is 1. The Kier molecular flexibility index (Phi) is 4.08. The topological polar surface area (TPSA) is 114 Å². The predicted molar refractivity (Wildman–Crippen MR) is 72.1 cm³/mol. The van der Waals surface area contributed by atoms with Crippen LogP contribution in [0.3, 0.4) is 0 Å². The summed E-state index contributed by atoms with van der Waals surface area (Å²) in [6, 6.07) is 0.675. The van der Waals surface area contributed by atoms with Gasteiger partial charge in [0.25, 0.3) is 5.91 Å². The van der Waals surface area contributed by atoms with Crippen LogP contribution in [-0.2, 0) is 4.79 Å². The van der Waals surface area contributed by atoms with E-state index in [1.165, 1.54) is 17.2 Å². The molecule has 2 heterocycles. The molecule has 0 radical (unpaired) electrons. The molecule has 2 atom stereocenters. The first-order valence-corrected chi connectivity index (χ1v) is 6.55. The number of halogens is 1. The number of carboxylic acid groups (broad SMARTS) is 1. The van der Waals surface area contributed by atoms with E-state index in [1.54, 1.807) is 6.92 Å². The number of nitro groups is 1. The van der Waals surface area contributed by atoms with E-state index in [2.05, 4.69) is 4.98 Å². The molecule has 1 saturated heterocycles. The highest BCUT2D eigenvalue weighted by Gasteiger charge is 2.40. The molecule has 1 fully saturated rings. The van der Waals surface area contributed by atoms with Gasteiger partial charge in [0.2, 0.25) is 5.15 Å². The molecule has 0 saturated carbocycles. The van der Waals surface area contributed by atoms with Crippen molar-refractivity contribution in [3.8, 4) is 0 Å². The second kappa shape index (κ2) is 5.65. The van der Waals surface area contributed by atoms with Crippen molar-refractivity contribution >= 4 is 29.2 Å². The Labute approximate surface area is 124 Å². The summed E-state index contributed by atoms with van der Waals surface area (Å²) in [6.45, 7) is 1.84. The fourth-order valence-corrected chi connectivity index (χ4v) is 2.71. The summed E-state index contributed by atoms with van der Waals surface area (Å²) in [5, 5.41) is 19.7. The van der Waals surface area contributed by atoms with Gasteiger partial charge in [-0.2, -0.15) is 0 Å². The maximum Gasteiger partial charge on any atom is 0.319 e. The number of carbonyl (C=O) groups excluding carboxylic acids is 1. The molecule has 1 aliphatic heterocycles. The van der Waals surface area contributed by atoms with Crippen molar-refractivity contribution in [1.82, 2.24) is 9.88 Å². The van der Waals surface area contributed by atoms with Gasteiger partial charge >= 0.3 is 11.7 Å². The van der Waals surface area contributed by atoms with Gasteiger partial charge in [0.05, 0.1) is 10.8 Å². The van der Waals surface area contributed by atoms with Crippen molar-refractivity contribution in [2.45, 2.75) is 19.4 Å². The summed E-state index contributed by atoms with van der Waals surface area (Å²) < 4.78 is 0. The van der Waals surface area contributed by atoms with E-state index in [4.69, 9.17) is 16.7 Å². The minimum atomic E-state index is -0.986. The van der Waals surface area contributed by atoms with Crippen LogP contribution < -0.4 is 0 Å². The second-order valence-electron chi connectivity index (χ2n) is 4.73. The minimum absolute atomic E-state index is 0.183. The molecular formula is C12H12ClN3O5. The number of aromatic nitrogens is 1. The molecule has 2 rings (SSSR count). The molecule has 0 aliphatic carbocycles. The smallest absolute Gasteiger partial charge is 0.319 e. The molecule has 0 bridgehead atoms. The lowest BCUT2D eigenvalue weighted by Crippen LogP contribution is -2.38. The zero-order valence-electron chi connectivity index (χ0n) is 11.0. The average molecular weight is 314 g/mol. The van der Waals surface area contributed by atoms with Gasteiger partial charge in [0.15, 0.2) is 0 Å². The highest BCUT2D eigenvalue weighted by molar-refractivity contribution is 6.32. The highest BCUT2D eigenvalue weighted by atomic mass is 35.5. The van der Waals surface area contributed by atoms with Crippen molar-refractivity contribution in [3.63, 3.8) is 0 Å². The number of carboxylic acids is 1. The maximum absolute atomic E-state index is 12.4. The summed E-state index contributed by atoms with van der Waals surface area (Å²) in [5.74, 6) is -2.27. The average Bonchev–Trinajstić information content (AvgIpc) is 2.79. The van der Waals surface area contributed by atoms with Gasteiger partial charge in [-0.25, -0.2) is 4.98 Å². The monoisotopic (exact) mass is 313 g/mol. The number of nitrogens with zero attached hydrogens (tertiary/aromatic N) is 3. The third-order valence-electron chi connectivity index (χ3n) is 3.63. The van der Waals surface area contributed by atoms with Crippen LogP contribution in [0.25, 0.3) is 0 Å². The van der Waals surface area contributed by atoms with Crippen LogP contribution in [0.1, 0.15) is 23.7 Å². The molecule has 1 amide bonds. The lowest BCUT2D eigenvalue weighted by molar-refractivity contribution is -0.385. The van der Waals surface area contributed by atoms with E-state index < -0.39 is 34.4 Å². The molecule has 1 aliphatic rings. The van der Waals surface area contributed by atoms with Crippen molar-refractivity contribution in [2.75, 3.05) is 6.54 Å². The third-order valence-corrected chi connectivity index (χ3v) is 3.90. The molecule has 8 nitrogen and oxygen atoms in total. The van der Waals surface area contributed by atoms with Crippen molar-refractivity contribution in [3.05, 3.63) is 33.1 Å². The first-order chi connectivity index (χ1) is 9.84. The van der Waals surface area contributed by atoms with Crippen molar-refractivity contribution in [1.29, 1.82) is 0 Å². The fraction of sp³-hybridized carbons (Fsp3) is 0.417. The molecule has 1 aromatic heterocycles. The second-order valence-corrected chi connectivity index (χ2v) is 5.09. The van der Waals surface area contributed by atoms with E-state index >= 15 is 0 Å². The maximum atomic E-state index is 12.4. The van der Waals surface area contributed by atoms with E-state index in [0.717, 1.165) is 0 Å². The quantitative estimate of drug-likeness (QED) is 0.515. The Morgan fingerprint density at radius 3 is 2.76 bits per heavy atom. The number of hydrogen-bond donors (Lipinski definition) is 1. The largest absolute Gasteiger partial charge is 0.481 e. The molecule has 1 aromatic rings. The molecule has 9 heteroatoms. The standard InChI is InChI=1S/C12H12ClN3O5/c1-6-7(12(18)19)3-5-15(6)11(17)8-2-4-14-10(13)9(8)16(20)21/h2,4,6-7H,3,5H2,1H3,(H,18,19). The predicted octanol–water partition coefficient (Wildman–Crippen LogP) is 1.58. The van der Waals surface area contributed by atoms with Crippen LogP contribution in [0.2, 0.25) is 5.15 Å². The van der Waals surface area contributed by atoms with Gasteiger partial charge in [0.1, 0.15) is 5.56 Å². The Morgan fingerprint density at radius 2 is 2.24 bits per heavy atom. The van der Waals surface area contributed by atoms with Crippen LogP contribution in [0.15, 0.2) is 12.3 Å². The minimum Gasteiger partial charge on any atom is -0.481 e. The Bertz CT molecular complexity index is 621. The fourth-order valence-electron chi connectivity index (χ4n) is 2.49. The molecule has 21 heavy (non-hydrogen) atoms. The van der Waals surface area contributed by atoms with Gasteiger partial charge < -0.3 is 10.0 Å². The van der Waals surface area contributed by atoms with E-state index in [1.807, 2.05) is 0 Å². The summed E-state index contributed by atoms with van der Waals surface area (Å²) in [5.41, 5.74) is -0.743. The number of likely N-dealkylation sites (tertiary alicyclic amines) is 1. The number of carbonyl (C=O) groups is 2. The van der Waals surface area contributed by atoms with Gasteiger partial charge in [-0.1, -0.05) is 11.6 Å². The summed E-state index contributed by atoms with van der Waals surface area (Å²) >= 11 is 5.67. The third kappa shape index (κ3) is 2.66. The van der Waals surface area contributed by atoms with E-state index in [-0.39, 0.29) is 17.3 Å². The first-order valence-electron chi connectivity index (χ1n) is 6.17.